The van der Waals surface area contributed by atoms with E-state index in [1.165, 1.54) is 12.1 Å². The van der Waals surface area contributed by atoms with E-state index in [0.717, 1.165) is 16.7 Å². The molecule has 0 spiro atoms. The minimum absolute atomic E-state index is 0.119. The van der Waals surface area contributed by atoms with Crippen molar-refractivity contribution in [2.45, 2.75) is 13.0 Å². The van der Waals surface area contributed by atoms with E-state index in [9.17, 15) is 4.39 Å². The van der Waals surface area contributed by atoms with Crippen LogP contribution in [0.25, 0.3) is 0 Å². The molecule has 0 amide bonds. The van der Waals surface area contributed by atoms with Crippen LogP contribution in [-0.4, -0.2) is 7.05 Å². The second-order valence-electron chi connectivity index (χ2n) is 4.37. The van der Waals surface area contributed by atoms with Crippen LogP contribution in [0.2, 0.25) is 10.0 Å². The molecule has 1 N–H and O–H groups in total. The largest absolute Gasteiger partial charge is 0.309 e. The van der Waals surface area contributed by atoms with Crippen LogP contribution in [0.4, 0.5) is 4.39 Å². The first-order valence-corrected chi connectivity index (χ1v) is 6.67. The van der Waals surface area contributed by atoms with Gasteiger partial charge in [-0.05, 0) is 48.9 Å². The predicted molar refractivity (Wildman–Crippen MR) is 78.5 cm³/mol. The molecule has 0 bridgehead atoms. The zero-order valence-electron chi connectivity index (χ0n) is 10.7. The molecule has 1 atom stereocenters. The number of rotatable bonds is 3. The Bertz CT molecular complexity index is 599. The molecule has 0 aliphatic heterocycles. The highest BCUT2D eigenvalue weighted by molar-refractivity contribution is 6.42. The fourth-order valence-corrected chi connectivity index (χ4v) is 2.60. The number of hydrogen-bond acceptors (Lipinski definition) is 1. The van der Waals surface area contributed by atoms with Crippen molar-refractivity contribution >= 4 is 23.2 Å². The lowest BCUT2D eigenvalue weighted by molar-refractivity contribution is 0.621. The van der Waals surface area contributed by atoms with Gasteiger partial charge in [0.2, 0.25) is 0 Å². The van der Waals surface area contributed by atoms with E-state index in [4.69, 9.17) is 23.2 Å². The number of nitrogens with one attached hydrogen (secondary N) is 1. The Morgan fingerprint density at radius 3 is 2.47 bits per heavy atom. The van der Waals surface area contributed by atoms with Crippen LogP contribution in [0.3, 0.4) is 0 Å². The number of aryl methyl sites for hydroxylation is 1. The van der Waals surface area contributed by atoms with Gasteiger partial charge in [-0.3, -0.25) is 0 Å². The standard InChI is InChI=1S/C15H14Cl2FN/c1-9-8-10(18)6-7-11(9)15(19-2)12-4-3-5-13(16)14(12)17/h3-8,15,19H,1-2H3. The molecule has 0 aliphatic carbocycles. The summed E-state index contributed by atoms with van der Waals surface area (Å²) in [7, 11) is 1.84. The van der Waals surface area contributed by atoms with Gasteiger partial charge in [-0.2, -0.15) is 0 Å². The number of hydrogen-bond donors (Lipinski definition) is 1. The van der Waals surface area contributed by atoms with E-state index in [0.29, 0.717) is 10.0 Å². The molecule has 0 radical (unpaired) electrons. The van der Waals surface area contributed by atoms with Crippen molar-refractivity contribution in [3.8, 4) is 0 Å². The topological polar surface area (TPSA) is 12.0 Å². The summed E-state index contributed by atoms with van der Waals surface area (Å²) in [6.07, 6.45) is 0. The van der Waals surface area contributed by atoms with Crippen molar-refractivity contribution in [2.75, 3.05) is 7.05 Å². The van der Waals surface area contributed by atoms with Crippen LogP contribution in [0.15, 0.2) is 36.4 Å². The number of halogens is 3. The Hall–Kier alpha value is -1.09. The van der Waals surface area contributed by atoms with E-state index in [2.05, 4.69) is 5.32 Å². The molecular formula is C15H14Cl2FN. The van der Waals surface area contributed by atoms with E-state index in [1.807, 2.05) is 26.1 Å². The van der Waals surface area contributed by atoms with Gasteiger partial charge in [-0.25, -0.2) is 4.39 Å². The highest BCUT2D eigenvalue weighted by Gasteiger charge is 2.18. The molecule has 1 nitrogen and oxygen atoms in total. The van der Waals surface area contributed by atoms with Gasteiger partial charge in [0.15, 0.2) is 0 Å². The van der Waals surface area contributed by atoms with Crippen LogP contribution in [-0.2, 0) is 0 Å². The minimum atomic E-state index is -0.242. The van der Waals surface area contributed by atoms with E-state index >= 15 is 0 Å². The summed E-state index contributed by atoms with van der Waals surface area (Å²) in [6, 6.07) is 10.1. The summed E-state index contributed by atoms with van der Waals surface area (Å²) in [5.74, 6) is -0.242. The quantitative estimate of drug-likeness (QED) is 0.862. The summed E-state index contributed by atoms with van der Waals surface area (Å²) < 4.78 is 13.2. The normalized spacial score (nSPS) is 12.5. The van der Waals surface area contributed by atoms with Crippen molar-refractivity contribution in [1.29, 1.82) is 0 Å². The summed E-state index contributed by atoms with van der Waals surface area (Å²) >= 11 is 12.3. The first-order chi connectivity index (χ1) is 9.04. The zero-order valence-corrected chi connectivity index (χ0v) is 12.2. The average molecular weight is 298 g/mol. The summed E-state index contributed by atoms with van der Waals surface area (Å²) in [5.41, 5.74) is 2.73. The van der Waals surface area contributed by atoms with Gasteiger partial charge in [-0.1, -0.05) is 41.4 Å². The fourth-order valence-electron chi connectivity index (χ4n) is 2.18. The van der Waals surface area contributed by atoms with Gasteiger partial charge >= 0.3 is 0 Å². The van der Waals surface area contributed by atoms with Gasteiger partial charge in [0.25, 0.3) is 0 Å². The van der Waals surface area contributed by atoms with Crippen molar-refractivity contribution in [3.63, 3.8) is 0 Å². The molecule has 0 aliphatic rings. The third-order valence-electron chi connectivity index (χ3n) is 3.12. The Balaban J connectivity index is 2.53. The molecule has 0 heterocycles. The average Bonchev–Trinajstić information content (AvgIpc) is 2.37. The molecule has 100 valence electrons. The summed E-state index contributed by atoms with van der Waals surface area (Å²) in [5, 5.41) is 4.23. The molecule has 4 heteroatoms. The molecule has 19 heavy (non-hydrogen) atoms. The molecule has 2 rings (SSSR count). The molecule has 0 saturated carbocycles. The second-order valence-corrected chi connectivity index (χ2v) is 5.15. The maximum Gasteiger partial charge on any atom is 0.123 e. The smallest absolute Gasteiger partial charge is 0.123 e. The molecule has 2 aromatic carbocycles. The van der Waals surface area contributed by atoms with Crippen molar-refractivity contribution in [1.82, 2.24) is 5.32 Å². The summed E-state index contributed by atoms with van der Waals surface area (Å²) in [4.78, 5) is 0. The Morgan fingerprint density at radius 1 is 1.11 bits per heavy atom. The Kier molecular flexibility index (Phi) is 4.46. The highest BCUT2D eigenvalue weighted by Crippen LogP contribution is 2.34. The van der Waals surface area contributed by atoms with Crippen molar-refractivity contribution < 1.29 is 4.39 Å². The lowest BCUT2D eigenvalue weighted by Crippen LogP contribution is -2.19. The minimum Gasteiger partial charge on any atom is -0.309 e. The monoisotopic (exact) mass is 297 g/mol. The molecule has 0 aromatic heterocycles. The first kappa shape index (κ1) is 14.3. The van der Waals surface area contributed by atoms with Gasteiger partial charge in [-0.15, -0.1) is 0 Å². The predicted octanol–water partition coefficient (Wildman–Crippen LogP) is 4.75. The van der Waals surface area contributed by atoms with Gasteiger partial charge < -0.3 is 5.32 Å². The molecule has 2 aromatic rings. The maximum atomic E-state index is 13.2. The third-order valence-corrected chi connectivity index (χ3v) is 3.96. The highest BCUT2D eigenvalue weighted by atomic mass is 35.5. The van der Waals surface area contributed by atoms with Crippen LogP contribution >= 0.6 is 23.2 Å². The molecule has 1 unspecified atom stereocenters. The molecule has 0 fully saturated rings. The third kappa shape index (κ3) is 2.92. The number of benzene rings is 2. The Labute approximate surface area is 122 Å². The zero-order chi connectivity index (χ0) is 14.0. The fraction of sp³-hybridized carbons (Fsp3) is 0.200. The van der Waals surface area contributed by atoms with Crippen LogP contribution in [0.1, 0.15) is 22.7 Å². The van der Waals surface area contributed by atoms with E-state index < -0.39 is 0 Å². The van der Waals surface area contributed by atoms with E-state index in [1.54, 1.807) is 12.1 Å². The maximum absolute atomic E-state index is 13.2. The van der Waals surface area contributed by atoms with Crippen LogP contribution in [0, 0.1) is 12.7 Å². The SMILES string of the molecule is CNC(c1ccc(F)cc1C)c1cccc(Cl)c1Cl. The summed E-state index contributed by atoms with van der Waals surface area (Å²) in [6.45, 7) is 1.88. The molecular weight excluding hydrogens is 284 g/mol. The van der Waals surface area contributed by atoms with Gasteiger partial charge in [0, 0.05) is 0 Å². The second kappa shape index (κ2) is 5.91. The Morgan fingerprint density at radius 2 is 1.84 bits per heavy atom. The molecule has 0 saturated heterocycles. The van der Waals surface area contributed by atoms with Gasteiger partial charge in [0.1, 0.15) is 5.82 Å². The first-order valence-electron chi connectivity index (χ1n) is 5.92. The van der Waals surface area contributed by atoms with Crippen LogP contribution in [0.5, 0.6) is 0 Å². The lowest BCUT2D eigenvalue weighted by Gasteiger charge is -2.21. The van der Waals surface area contributed by atoms with Crippen molar-refractivity contribution in [2.24, 2.45) is 0 Å². The van der Waals surface area contributed by atoms with Crippen LogP contribution < -0.4 is 5.32 Å². The van der Waals surface area contributed by atoms with Gasteiger partial charge in [0.05, 0.1) is 16.1 Å². The van der Waals surface area contributed by atoms with E-state index in [-0.39, 0.29) is 11.9 Å². The van der Waals surface area contributed by atoms with Crippen molar-refractivity contribution in [3.05, 3.63) is 69.0 Å². The lowest BCUT2D eigenvalue weighted by atomic mass is 9.95.